The van der Waals surface area contributed by atoms with Crippen LogP contribution < -0.4 is 5.56 Å². The average molecular weight is 301 g/mol. The molecule has 0 amide bonds. The number of hydrogen-bond acceptors (Lipinski definition) is 3. The van der Waals surface area contributed by atoms with Crippen LogP contribution in [-0.4, -0.2) is 27.4 Å². The van der Waals surface area contributed by atoms with Crippen LogP contribution in [0, 0.1) is 0 Å². The van der Waals surface area contributed by atoms with Gasteiger partial charge in [0.15, 0.2) is 0 Å². The van der Waals surface area contributed by atoms with Gasteiger partial charge < -0.3 is 14.8 Å². The van der Waals surface area contributed by atoms with Crippen molar-refractivity contribution >= 4 is 16.9 Å². The number of alkyl halides is 3. The number of carboxylic acids is 1. The van der Waals surface area contributed by atoms with Gasteiger partial charge in [-0.25, -0.2) is 4.79 Å². The van der Waals surface area contributed by atoms with Gasteiger partial charge in [-0.15, -0.1) is 0 Å². The molecule has 0 aliphatic heterocycles. The Balaban J connectivity index is 2.96. The Bertz CT molecular complexity index is 764. The number of nitrogens with zero attached hydrogens (tertiary/aromatic N) is 1. The van der Waals surface area contributed by atoms with E-state index < -0.39 is 41.0 Å². The summed E-state index contributed by atoms with van der Waals surface area (Å²) in [6, 6.07) is 3.70. The van der Waals surface area contributed by atoms with E-state index in [9.17, 15) is 22.8 Å². The highest BCUT2D eigenvalue weighted by Crippen LogP contribution is 2.35. The third-order valence-corrected chi connectivity index (χ3v) is 2.96. The summed E-state index contributed by atoms with van der Waals surface area (Å²) in [5.74, 6) is -1.50. The van der Waals surface area contributed by atoms with E-state index in [-0.39, 0.29) is 11.9 Å². The molecular formula is C13H10F3NO4. The summed E-state index contributed by atoms with van der Waals surface area (Å²) in [4.78, 5) is 22.6. The van der Waals surface area contributed by atoms with Crippen molar-refractivity contribution in [2.24, 2.45) is 0 Å². The summed E-state index contributed by atoms with van der Waals surface area (Å²) in [5, 5.41) is 17.8. The van der Waals surface area contributed by atoms with Gasteiger partial charge >= 0.3 is 12.1 Å². The van der Waals surface area contributed by atoms with Crippen molar-refractivity contribution in [1.29, 1.82) is 0 Å². The van der Waals surface area contributed by atoms with Gasteiger partial charge in [0.25, 0.3) is 5.56 Å². The molecule has 0 aliphatic carbocycles. The zero-order valence-electron chi connectivity index (χ0n) is 10.5. The van der Waals surface area contributed by atoms with Crippen LogP contribution in [0.3, 0.4) is 0 Å². The molecule has 0 bridgehead atoms. The van der Waals surface area contributed by atoms with Crippen LogP contribution in [0.5, 0.6) is 0 Å². The second kappa shape index (κ2) is 5.21. The first-order valence-corrected chi connectivity index (χ1v) is 5.84. The van der Waals surface area contributed by atoms with Gasteiger partial charge in [-0.1, -0.05) is 0 Å². The Morgan fingerprint density at radius 3 is 2.43 bits per heavy atom. The number of rotatable bonds is 3. The van der Waals surface area contributed by atoms with Crippen molar-refractivity contribution in [2.45, 2.75) is 12.7 Å². The van der Waals surface area contributed by atoms with Gasteiger partial charge in [-0.05, 0) is 23.6 Å². The molecule has 2 N–H and O–H groups in total. The molecule has 2 rings (SSSR count). The van der Waals surface area contributed by atoms with Gasteiger partial charge in [0.2, 0.25) is 0 Å². The highest BCUT2D eigenvalue weighted by molar-refractivity contribution is 5.95. The van der Waals surface area contributed by atoms with Crippen molar-refractivity contribution in [2.75, 3.05) is 6.61 Å². The smallest absolute Gasteiger partial charge is 0.418 e. The number of benzene rings is 1. The van der Waals surface area contributed by atoms with Gasteiger partial charge in [0.1, 0.15) is 0 Å². The van der Waals surface area contributed by atoms with Crippen LogP contribution in [0.25, 0.3) is 10.9 Å². The Morgan fingerprint density at radius 2 is 1.90 bits per heavy atom. The van der Waals surface area contributed by atoms with Crippen molar-refractivity contribution in [3.8, 4) is 0 Å². The van der Waals surface area contributed by atoms with E-state index in [1.807, 2.05) is 0 Å². The Morgan fingerprint density at radius 1 is 1.24 bits per heavy atom. The summed E-state index contributed by atoms with van der Waals surface area (Å²) in [5.41, 5.74) is -2.88. The predicted octanol–water partition coefficient (Wildman–Crippen LogP) is 1.71. The van der Waals surface area contributed by atoms with E-state index in [0.717, 1.165) is 22.8 Å². The fourth-order valence-electron chi connectivity index (χ4n) is 2.11. The minimum atomic E-state index is -4.82. The highest BCUT2D eigenvalue weighted by atomic mass is 19.4. The molecule has 0 saturated carbocycles. The van der Waals surface area contributed by atoms with E-state index in [4.69, 9.17) is 10.2 Å². The zero-order valence-corrected chi connectivity index (χ0v) is 10.5. The Labute approximate surface area is 115 Å². The maximum Gasteiger partial charge on any atom is 0.418 e. The number of aliphatic hydroxyl groups is 1. The van der Waals surface area contributed by atoms with Crippen LogP contribution >= 0.6 is 0 Å². The van der Waals surface area contributed by atoms with E-state index in [1.54, 1.807) is 0 Å². The number of carboxylic acid groups (broad SMARTS) is 1. The second-order valence-electron chi connectivity index (χ2n) is 4.31. The van der Waals surface area contributed by atoms with Crippen molar-refractivity contribution in [3.63, 3.8) is 0 Å². The number of aromatic nitrogens is 1. The molecule has 1 heterocycles. The fraction of sp³-hybridized carbons (Fsp3) is 0.231. The minimum Gasteiger partial charge on any atom is -0.478 e. The summed E-state index contributed by atoms with van der Waals surface area (Å²) in [6.45, 7) is -0.831. The first-order chi connectivity index (χ1) is 9.75. The fourth-order valence-corrected chi connectivity index (χ4v) is 2.11. The molecule has 1 aromatic heterocycles. The van der Waals surface area contributed by atoms with Gasteiger partial charge in [-0.3, -0.25) is 4.79 Å². The Hall–Kier alpha value is -2.35. The standard InChI is InChI=1S/C13H10F3NO4/c14-13(15,16)9-6-8(12(20)21)5-7-1-2-10(19)17(3-4-18)11(7)9/h1-2,5-6,18H,3-4H2,(H,20,21). The lowest BCUT2D eigenvalue weighted by molar-refractivity contribution is -0.136. The summed E-state index contributed by atoms with van der Waals surface area (Å²) >= 11 is 0. The third-order valence-electron chi connectivity index (χ3n) is 2.96. The van der Waals surface area contributed by atoms with Gasteiger partial charge in [0.05, 0.1) is 23.3 Å². The molecule has 5 nitrogen and oxygen atoms in total. The van der Waals surface area contributed by atoms with E-state index in [1.165, 1.54) is 0 Å². The zero-order chi connectivity index (χ0) is 15.8. The molecule has 8 heteroatoms. The molecule has 0 aliphatic rings. The molecule has 0 saturated heterocycles. The lowest BCUT2D eigenvalue weighted by Gasteiger charge is -2.16. The molecule has 0 spiro atoms. The maximum absolute atomic E-state index is 13.1. The number of aromatic carboxylic acids is 1. The van der Waals surface area contributed by atoms with E-state index in [0.29, 0.717) is 6.07 Å². The van der Waals surface area contributed by atoms with Crippen LogP contribution in [-0.2, 0) is 12.7 Å². The first kappa shape index (κ1) is 15.0. The quantitative estimate of drug-likeness (QED) is 0.904. The molecule has 1 aromatic carbocycles. The predicted molar refractivity (Wildman–Crippen MR) is 67.3 cm³/mol. The van der Waals surface area contributed by atoms with Crippen LogP contribution in [0.1, 0.15) is 15.9 Å². The van der Waals surface area contributed by atoms with Crippen LogP contribution in [0.2, 0.25) is 0 Å². The SMILES string of the molecule is O=C(O)c1cc(C(F)(F)F)c2c(ccc(=O)n2CCO)c1. The average Bonchev–Trinajstić information content (AvgIpc) is 2.39. The third kappa shape index (κ3) is 2.75. The number of halogens is 3. The lowest BCUT2D eigenvalue weighted by atomic mass is 10.0. The van der Waals surface area contributed by atoms with Gasteiger partial charge in [0, 0.05) is 12.6 Å². The van der Waals surface area contributed by atoms with Crippen molar-refractivity contribution < 1.29 is 28.2 Å². The van der Waals surface area contributed by atoms with Crippen molar-refractivity contribution in [1.82, 2.24) is 4.57 Å². The van der Waals surface area contributed by atoms with E-state index in [2.05, 4.69) is 0 Å². The van der Waals surface area contributed by atoms with Crippen LogP contribution in [0.15, 0.2) is 29.1 Å². The molecule has 0 unspecified atom stereocenters. The molecule has 21 heavy (non-hydrogen) atoms. The summed E-state index contributed by atoms with van der Waals surface area (Å²) in [7, 11) is 0. The monoisotopic (exact) mass is 301 g/mol. The molecule has 0 fully saturated rings. The summed E-state index contributed by atoms with van der Waals surface area (Å²) < 4.78 is 40.2. The number of carbonyl (C=O) groups is 1. The number of hydrogen-bond donors (Lipinski definition) is 2. The molecule has 0 radical (unpaired) electrons. The summed E-state index contributed by atoms with van der Waals surface area (Å²) in [6.07, 6.45) is -4.82. The van der Waals surface area contributed by atoms with Crippen LogP contribution in [0.4, 0.5) is 13.2 Å². The Kier molecular flexibility index (Phi) is 3.73. The second-order valence-corrected chi connectivity index (χ2v) is 4.31. The largest absolute Gasteiger partial charge is 0.478 e. The van der Waals surface area contributed by atoms with Crippen molar-refractivity contribution in [3.05, 3.63) is 45.7 Å². The highest BCUT2D eigenvalue weighted by Gasteiger charge is 2.35. The molecule has 112 valence electrons. The maximum atomic E-state index is 13.1. The topological polar surface area (TPSA) is 79.5 Å². The lowest BCUT2D eigenvalue weighted by Crippen LogP contribution is -2.24. The molecule has 2 aromatic rings. The van der Waals surface area contributed by atoms with E-state index >= 15 is 0 Å². The number of fused-ring (bicyclic) bond motifs is 1. The molecule has 0 atom stereocenters. The molecular weight excluding hydrogens is 291 g/mol. The minimum absolute atomic E-state index is 0.0322. The van der Waals surface area contributed by atoms with Gasteiger partial charge in [-0.2, -0.15) is 13.2 Å². The normalized spacial score (nSPS) is 11.8. The first-order valence-electron chi connectivity index (χ1n) is 5.84. The number of pyridine rings is 1. The number of aliphatic hydroxyl groups excluding tert-OH is 1.